The van der Waals surface area contributed by atoms with Gasteiger partial charge < -0.3 is 10.2 Å². The molecule has 1 fully saturated rings. The van der Waals surface area contributed by atoms with Gasteiger partial charge >= 0.3 is 0 Å². The van der Waals surface area contributed by atoms with Gasteiger partial charge in [-0.25, -0.2) is 4.98 Å². The number of hydrogen-bond donors (Lipinski definition) is 1. The van der Waals surface area contributed by atoms with Gasteiger partial charge in [0.25, 0.3) is 0 Å². The normalized spacial score (nSPS) is 15.3. The summed E-state index contributed by atoms with van der Waals surface area (Å²) in [6.07, 6.45) is 5.44. The molecule has 126 valence electrons. The Kier molecular flexibility index (Phi) is 5.47. The molecule has 0 radical (unpaired) electrons. The largest absolute Gasteiger partial charge is 0.356 e. The number of anilines is 2. The van der Waals surface area contributed by atoms with E-state index in [0.29, 0.717) is 12.5 Å². The van der Waals surface area contributed by atoms with Gasteiger partial charge in [0, 0.05) is 31.4 Å². The number of benzene rings is 1. The highest BCUT2D eigenvalue weighted by molar-refractivity contribution is 5.45. The number of aromatic nitrogens is 2. The van der Waals surface area contributed by atoms with Crippen molar-refractivity contribution in [1.29, 1.82) is 0 Å². The summed E-state index contributed by atoms with van der Waals surface area (Å²) in [5.41, 5.74) is 2.45. The van der Waals surface area contributed by atoms with Crippen LogP contribution in [-0.2, 0) is 6.42 Å². The Morgan fingerprint density at radius 3 is 2.67 bits per heavy atom. The highest BCUT2D eigenvalue weighted by Gasteiger charge is 2.21. The molecule has 1 aromatic carbocycles. The van der Waals surface area contributed by atoms with Gasteiger partial charge in [0.1, 0.15) is 5.82 Å². The standard InChI is InChI=1S/C20H26N4/c1-3-11-21-20-22-16(2)14-19(23-20)24-12-9-18(10-13-24)15-17-7-5-4-6-8-17/h3-8,14,18H,1,9-13,15H2,2H3,(H,21,22,23). The average Bonchev–Trinajstić information content (AvgIpc) is 2.61. The van der Waals surface area contributed by atoms with E-state index in [9.17, 15) is 0 Å². The summed E-state index contributed by atoms with van der Waals surface area (Å²) in [5.74, 6) is 2.49. The second kappa shape index (κ2) is 7.95. The lowest BCUT2D eigenvalue weighted by Crippen LogP contribution is -2.35. The molecule has 3 rings (SSSR count). The second-order valence-corrected chi connectivity index (χ2v) is 6.48. The van der Waals surface area contributed by atoms with Crippen LogP contribution in [0.25, 0.3) is 0 Å². The summed E-state index contributed by atoms with van der Waals surface area (Å²) < 4.78 is 0. The van der Waals surface area contributed by atoms with Gasteiger partial charge in [-0.05, 0) is 37.7 Å². The first-order chi connectivity index (χ1) is 11.7. The van der Waals surface area contributed by atoms with E-state index in [2.05, 4.69) is 63.2 Å². The van der Waals surface area contributed by atoms with E-state index < -0.39 is 0 Å². The molecule has 0 saturated carbocycles. The van der Waals surface area contributed by atoms with Crippen LogP contribution < -0.4 is 10.2 Å². The molecule has 1 N–H and O–H groups in total. The Balaban J connectivity index is 1.60. The maximum absolute atomic E-state index is 4.66. The lowest BCUT2D eigenvalue weighted by atomic mass is 9.90. The van der Waals surface area contributed by atoms with Crippen LogP contribution in [0.3, 0.4) is 0 Å². The summed E-state index contributed by atoms with van der Waals surface area (Å²) in [6.45, 7) is 8.56. The van der Waals surface area contributed by atoms with E-state index in [1.807, 2.05) is 13.0 Å². The predicted octanol–water partition coefficient (Wildman–Crippen LogP) is 3.84. The van der Waals surface area contributed by atoms with Crippen LogP contribution in [0, 0.1) is 12.8 Å². The lowest BCUT2D eigenvalue weighted by molar-refractivity contribution is 0.402. The van der Waals surface area contributed by atoms with Crippen LogP contribution in [0.2, 0.25) is 0 Å². The monoisotopic (exact) mass is 322 g/mol. The molecular formula is C20H26N4. The van der Waals surface area contributed by atoms with Gasteiger partial charge in [0.05, 0.1) is 0 Å². The molecule has 0 atom stereocenters. The molecule has 0 amide bonds. The van der Waals surface area contributed by atoms with Crippen LogP contribution in [0.4, 0.5) is 11.8 Å². The van der Waals surface area contributed by atoms with E-state index >= 15 is 0 Å². The highest BCUT2D eigenvalue weighted by Crippen LogP contribution is 2.25. The van der Waals surface area contributed by atoms with Crippen LogP contribution in [-0.4, -0.2) is 29.6 Å². The molecule has 0 spiro atoms. The van der Waals surface area contributed by atoms with Gasteiger partial charge in [-0.3, -0.25) is 0 Å². The first-order valence-corrected chi connectivity index (χ1v) is 8.74. The fourth-order valence-corrected chi connectivity index (χ4v) is 3.27. The Morgan fingerprint density at radius 2 is 1.96 bits per heavy atom. The Labute approximate surface area is 144 Å². The SMILES string of the molecule is C=CCNc1nc(C)cc(N2CCC(Cc3ccccc3)CC2)n1. The minimum Gasteiger partial charge on any atom is -0.356 e. The first-order valence-electron chi connectivity index (χ1n) is 8.74. The van der Waals surface area contributed by atoms with Gasteiger partial charge in [0.2, 0.25) is 5.95 Å². The molecule has 4 nitrogen and oxygen atoms in total. The Bertz CT molecular complexity index is 661. The highest BCUT2D eigenvalue weighted by atomic mass is 15.2. The summed E-state index contributed by atoms with van der Waals surface area (Å²) in [6, 6.07) is 12.9. The minimum absolute atomic E-state index is 0.683. The third-order valence-corrected chi connectivity index (χ3v) is 4.55. The van der Waals surface area contributed by atoms with Crippen molar-refractivity contribution in [3.63, 3.8) is 0 Å². The maximum atomic E-state index is 4.66. The zero-order valence-corrected chi connectivity index (χ0v) is 14.4. The summed E-state index contributed by atoms with van der Waals surface area (Å²) in [4.78, 5) is 11.5. The number of piperidine rings is 1. The van der Waals surface area contributed by atoms with Crippen LogP contribution in [0.5, 0.6) is 0 Å². The number of aryl methyl sites for hydroxylation is 1. The Hall–Kier alpha value is -2.36. The third-order valence-electron chi connectivity index (χ3n) is 4.55. The molecular weight excluding hydrogens is 296 g/mol. The molecule has 24 heavy (non-hydrogen) atoms. The van der Waals surface area contributed by atoms with Gasteiger partial charge in [0.15, 0.2) is 0 Å². The van der Waals surface area contributed by atoms with Crippen molar-refractivity contribution in [3.05, 3.63) is 60.3 Å². The molecule has 2 aromatic rings. The fourth-order valence-electron chi connectivity index (χ4n) is 3.27. The van der Waals surface area contributed by atoms with Crippen molar-refractivity contribution in [2.24, 2.45) is 5.92 Å². The lowest BCUT2D eigenvalue weighted by Gasteiger charge is -2.33. The molecule has 1 aliphatic heterocycles. The van der Waals surface area contributed by atoms with Crippen LogP contribution in [0.1, 0.15) is 24.1 Å². The quantitative estimate of drug-likeness (QED) is 0.820. The maximum Gasteiger partial charge on any atom is 0.225 e. The van der Waals surface area contributed by atoms with E-state index in [4.69, 9.17) is 0 Å². The summed E-state index contributed by atoms with van der Waals surface area (Å²) in [7, 11) is 0. The van der Waals surface area contributed by atoms with E-state index in [0.717, 1.165) is 30.5 Å². The van der Waals surface area contributed by atoms with Gasteiger partial charge in [-0.2, -0.15) is 4.98 Å². The van der Waals surface area contributed by atoms with Crippen molar-refractivity contribution in [3.8, 4) is 0 Å². The molecule has 0 unspecified atom stereocenters. The number of nitrogens with one attached hydrogen (secondary N) is 1. The smallest absolute Gasteiger partial charge is 0.225 e. The van der Waals surface area contributed by atoms with Gasteiger partial charge in [-0.1, -0.05) is 36.4 Å². The van der Waals surface area contributed by atoms with E-state index in [1.54, 1.807) is 0 Å². The van der Waals surface area contributed by atoms with Gasteiger partial charge in [-0.15, -0.1) is 6.58 Å². The molecule has 0 aliphatic carbocycles. The first kappa shape index (κ1) is 16.5. The number of nitrogens with zero attached hydrogens (tertiary/aromatic N) is 3. The molecule has 1 aliphatic rings. The Morgan fingerprint density at radius 1 is 1.21 bits per heavy atom. The summed E-state index contributed by atoms with van der Waals surface area (Å²) >= 11 is 0. The fraction of sp³-hybridized carbons (Fsp3) is 0.400. The average molecular weight is 322 g/mol. The topological polar surface area (TPSA) is 41.1 Å². The molecule has 2 heterocycles. The molecule has 4 heteroatoms. The number of hydrogen-bond acceptors (Lipinski definition) is 4. The van der Waals surface area contributed by atoms with Crippen molar-refractivity contribution < 1.29 is 0 Å². The molecule has 1 aromatic heterocycles. The summed E-state index contributed by atoms with van der Waals surface area (Å²) in [5, 5.41) is 3.19. The third kappa shape index (κ3) is 4.34. The zero-order valence-electron chi connectivity index (χ0n) is 14.4. The predicted molar refractivity (Wildman–Crippen MR) is 101 cm³/mol. The van der Waals surface area contributed by atoms with Crippen LogP contribution in [0.15, 0.2) is 49.1 Å². The molecule has 1 saturated heterocycles. The zero-order chi connectivity index (χ0) is 16.8. The van der Waals surface area contributed by atoms with Crippen molar-refractivity contribution in [2.75, 3.05) is 29.9 Å². The van der Waals surface area contributed by atoms with Crippen molar-refractivity contribution in [2.45, 2.75) is 26.2 Å². The van der Waals surface area contributed by atoms with E-state index in [1.165, 1.54) is 24.8 Å². The van der Waals surface area contributed by atoms with Crippen molar-refractivity contribution >= 4 is 11.8 Å². The minimum atomic E-state index is 0.683. The number of rotatable bonds is 6. The molecule has 0 bridgehead atoms. The van der Waals surface area contributed by atoms with Crippen LogP contribution >= 0.6 is 0 Å². The van der Waals surface area contributed by atoms with E-state index in [-0.39, 0.29) is 0 Å². The second-order valence-electron chi connectivity index (χ2n) is 6.48. The van der Waals surface area contributed by atoms with Crippen molar-refractivity contribution in [1.82, 2.24) is 9.97 Å².